The van der Waals surface area contributed by atoms with E-state index in [2.05, 4.69) is 20.3 Å². The van der Waals surface area contributed by atoms with Crippen molar-refractivity contribution in [1.29, 1.82) is 0 Å². The first-order valence-electron chi connectivity index (χ1n) is 8.01. The van der Waals surface area contributed by atoms with Crippen LogP contribution in [0, 0.1) is 5.82 Å². The summed E-state index contributed by atoms with van der Waals surface area (Å²) in [6, 6.07) is 5.21. The van der Waals surface area contributed by atoms with E-state index >= 15 is 0 Å². The predicted molar refractivity (Wildman–Crippen MR) is 89.6 cm³/mol. The molecule has 1 aliphatic heterocycles. The number of benzene rings is 1. The molecule has 8 nitrogen and oxygen atoms in total. The Labute approximate surface area is 143 Å². The van der Waals surface area contributed by atoms with Gasteiger partial charge < -0.3 is 16.2 Å². The van der Waals surface area contributed by atoms with Crippen LogP contribution in [0.5, 0.6) is 0 Å². The van der Waals surface area contributed by atoms with E-state index in [1.165, 1.54) is 12.1 Å². The monoisotopic (exact) mass is 346 g/mol. The number of carboxylic acids is 1. The van der Waals surface area contributed by atoms with E-state index in [1.54, 1.807) is 12.1 Å². The van der Waals surface area contributed by atoms with Gasteiger partial charge in [-0.25, -0.2) is 4.39 Å². The molecule has 0 saturated carbocycles. The fraction of sp³-hybridized carbons (Fsp3) is 0.375. The summed E-state index contributed by atoms with van der Waals surface area (Å²) in [6.07, 6.45) is 2.44. The smallest absolute Gasteiger partial charge is 0.320 e. The largest absolute Gasteiger partial charge is 0.480 e. The van der Waals surface area contributed by atoms with Gasteiger partial charge in [-0.3, -0.25) is 9.69 Å². The molecular weight excluding hydrogens is 327 g/mol. The SMILES string of the molecule is Nc1nc(CN2CCCCC2C(=O)O)nc(Nc2ccc(F)cc2)n1. The summed E-state index contributed by atoms with van der Waals surface area (Å²) >= 11 is 0. The first kappa shape index (κ1) is 17.0. The minimum absolute atomic E-state index is 0.0403. The molecule has 132 valence electrons. The van der Waals surface area contributed by atoms with Gasteiger partial charge in [0, 0.05) is 5.69 Å². The van der Waals surface area contributed by atoms with E-state index in [-0.39, 0.29) is 24.3 Å². The van der Waals surface area contributed by atoms with Gasteiger partial charge in [-0.1, -0.05) is 6.42 Å². The molecular formula is C16H19FN6O2. The molecule has 1 atom stereocenters. The lowest BCUT2D eigenvalue weighted by Crippen LogP contribution is -2.44. The van der Waals surface area contributed by atoms with Gasteiger partial charge in [-0.15, -0.1) is 0 Å². The van der Waals surface area contributed by atoms with Crippen molar-refractivity contribution in [3.8, 4) is 0 Å². The molecule has 2 heterocycles. The molecule has 0 spiro atoms. The van der Waals surface area contributed by atoms with E-state index in [0.717, 1.165) is 12.8 Å². The third-order valence-corrected chi connectivity index (χ3v) is 4.04. The van der Waals surface area contributed by atoms with E-state index in [4.69, 9.17) is 5.73 Å². The van der Waals surface area contributed by atoms with Crippen molar-refractivity contribution in [1.82, 2.24) is 19.9 Å². The molecule has 0 radical (unpaired) electrons. The third kappa shape index (κ3) is 4.38. The number of rotatable bonds is 5. The highest BCUT2D eigenvalue weighted by atomic mass is 19.1. The number of hydrogen-bond donors (Lipinski definition) is 3. The Hall–Kier alpha value is -2.81. The molecule has 1 unspecified atom stereocenters. The average molecular weight is 346 g/mol. The van der Waals surface area contributed by atoms with E-state index < -0.39 is 12.0 Å². The second kappa shape index (κ2) is 7.39. The molecule has 0 aliphatic carbocycles. The summed E-state index contributed by atoms with van der Waals surface area (Å²) in [5.74, 6) is -0.514. The lowest BCUT2D eigenvalue weighted by molar-refractivity contribution is -0.144. The molecule has 1 aromatic carbocycles. The molecule has 9 heteroatoms. The Morgan fingerprint density at radius 3 is 2.76 bits per heavy atom. The summed E-state index contributed by atoms with van der Waals surface area (Å²) in [5, 5.41) is 12.3. The van der Waals surface area contributed by atoms with Crippen molar-refractivity contribution in [3.05, 3.63) is 35.9 Å². The quantitative estimate of drug-likeness (QED) is 0.750. The zero-order valence-corrected chi connectivity index (χ0v) is 13.5. The van der Waals surface area contributed by atoms with Crippen molar-refractivity contribution in [2.45, 2.75) is 31.8 Å². The summed E-state index contributed by atoms with van der Waals surface area (Å²) in [5.41, 5.74) is 6.35. The molecule has 1 fully saturated rings. The van der Waals surface area contributed by atoms with Crippen molar-refractivity contribution in [2.75, 3.05) is 17.6 Å². The van der Waals surface area contributed by atoms with Gasteiger partial charge in [0.1, 0.15) is 17.7 Å². The van der Waals surface area contributed by atoms with Gasteiger partial charge in [-0.05, 0) is 43.7 Å². The van der Waals surface area contributed by atoms with Crippen LogP contribution in [0.4, 0.5) is 22.0 Å². The van der Waals surface area contributed by atoms with Crippen LogP contribution in [0.2, 0.25) is 0 Å². The number of nitrogens with two attached hydrogens (primary N) is 1. The average Bonchev–Trinajstić information content (AvgIpc) is 2.57. The summed E-state index contributed by atoms with van der Waals surface area (Å²) in [6.45, 7) is 0.949. The molecule has 1 saturated heterocycles. The predicted octanol–water partition coefficient (Wildman–Crippen LogP) is 1.78. The third-order valence-electron chi connectivity index (χ3n) is 4.04. The Morgan fingerprint density at radius 2 is 2.04 bits per heavy atom. The second-order valence-corrected chi connectivity index (χ2v) is 5.89. The number of hydrogen-bond acceptors (Lipinski definition) is 7. The minimum atomic E-state index is -0.841. The fourth-order valence-electron chi connectivity index (χ4n) is 2.87. The van der Waals surface area contributed by atoms with Crippen LogP contribution < -0.4 is 11.1 Å². The lowest BCUT2D eigenvalue weighted by atomic mass is 10.0. The zero-order chi connectivity index (χ0) is 17.8. The van der Waals surface area contributed by atoms with E-state index in [0.29, 0.717) is 24.5 Å². The Bertz CT molecular complexity index is 755. The number of aliphatic carboxylic acids is 1. The molecule has 2 aromatic rings. The van der Waals surface area contributed by atoms with Crippen LogP contribution in [0.1, 0.15) is 25.1 Å². The van der Waals surface area contributed by atoms with Gasteiger partial charge in [0.05, 0.1) is 6.54 Å². The van der Waals surface area contributed by atoms with Gasteiger partial charge in [0.15, 0.2) is 0 Å². The zero-order valence-electron chi connectivity index (χ0n) is 13.5. The Balaban J connectivity index is 1.76. The van der Waals surface area contributed by atoms with E-state index in [1.807, 2.05) is 4.90 Å². The first-order chi connectivity index (χ1) is 12.0. The highest BCUT2D eigenvalue weighted by Crippen LogP contribution is 2.20. The topological polar surface area (TPSA) is 117 Å². The van der Waals surface area contributed by atoms with Gasteiger partial charge in [0.2, 0.25) is 11.9 Å². The van der Waals surface area contributed by atoms with Crippen LogP contribution in [0.3, 0.4) is 0 Å². The van der Waals surface area contributed by atoms with Crippen molar-refractivity contribution >= 4 is 23.6 Å². The molecule has 0 amide bonds. The summed E-state index contributed by atoms with van der Waals surface area (Å²) in [4.78, 5) is 25.6. The number of likely N-dealkylation sites (tertiary alicyclic amines) is 1. The summed E-state index contributed by atoms with van der Waals surface area (Å²) in [7, 11) is 0. The number of carbonyl (C=O) groups is 1. The van der Waals surface area contributed by atoms with E-state index in [9.17, 15) is 14.3 Å². The highest BCUT2D eigenvalue weighted by Gasteiger charge is 2.29. The number of nitrogens with zero attached hydrogens (tertiary/aromatic N) is 4. The Morgan fingerprint density at radius 1 is 1.28 bits per heavy atom. The molecule has 0 bridgehead atoms. The normalized spacial score (nSPS) is 18.0. The van der Waals surface area contributed by atoms with Crippen LogP contribution in [0.25, 0.3) is 0 Å². The lowest BCUT2D eigenvalue weighted by Gasteiger charge is -2.32. The van der Waals surface area contributed by atoms with Crippen LogP contribution >= 0.6 is 0 Å². The van der Waals surface area contributed by atoms with Gasteiger partial charge in [-0.2, -0.15) is 15.0 Å². The van der Waals surface area contributed by atoms with Crippen LogP contribution in [-0.4, -0.2) is 43.5 Å². The number of carboxylic acid groups (broad SMARTS) is 1. The van der Waals surface area contributed by atoms with Crippen LogP contribution in [-0.2, 0) is 11.3 Å². The highest BCUT2D eigenvalue weighted by molar-refractivity contribution is 5.73. The fourth-order valence-corrected chi connectivity index (χ4v) is 2.87. The maximum atomic E-state index is 13.0. The molecule has 3 rings (SSSR count). The van der Waals surface area contributed by atoms with Crippen molar-refractivity contribution in [3.63, 3.8) is 0 Å². The minimum Gasteiger partial charge on any atom is -0.480 e. The first-order valence-corrected chi connectivity index (χ1v) is 8.01. The summed E-state index contributed by atoms with van der Waals surface area (Å²) < 4.78 is 13.0. The number of halogens is 1. The maximum absolute atomic E-state index is 13.0. The maximum Gasteiger partial charge on any atom is 0.320 e. The van der Waals surface area contributed by atoms with Crippen LogP contribution in [0.15, 0.2) is 24.3 Å². The standard InChI is InChI=1S/C16H19FN6O2/c17-10-4-6-11(7-5-10)19-16-21-13(20-15(18)22-16)9-23-8-2-1-3-12(23)14(24)25/h4-7,12H,1-3,8-9H2,(H,24,25)(H3,18,19,20,21,22). The van der Waals surface area contributed by atoms with Gasteiger partial charge in [0.25, 0.3) is 0 Å². The van der Waals surface area contributed by atoms with Gasteiger partial charge >= 0.3 is 5.97 Å². The molecule has 4 N–H and O–H groups in total. The number of nitrogens with one attached hydrogen (secondary N) is 1. The van der Waals surface area contributed by atoms with Crippen molar-refractivity contribution in [2.24, 2.45) is 0 Å². The Kier molecular flexibility index (Phi) is 5.03. The number of anilines is 3. The number of piperidine rings is 1. The molecule has 1 aromatic heterocycles. The van der Waals surface area contributed by atoms with Crippen molar-refractivity contribution < 1.29 is 14.3 Å². The second-order valence-electron chi connectivity index (χ2n) is 5.89. The molecule has 1 aliphatic rings. The number of aromatic nitrogens is 3. The molecule has 25 heavy (non-hydrogen) atoms. The number of nitrogen functional groups attached to an aromatic ring is 1.